The van der Waals surface area contributed by atoms with Crippen molar-refractivity contribution in [2.45, 2.75) is 25.0 Å². The van der Waals surface area contributed by atoms with Crippen molar-refractivity contribution >= 4 is 0 Å². The monoisotopic (exact) mass is 140 g/mol. The Hall–Kier alpha value is -0.340. The third kappa shape index (κ3) is 0.724. The predicted molar refractivity (Wildman–Crippen MR) is 37.4 cm³/mol. The molecule has 0 aliphatic heterocycles. The summed E-state index contributed by atoms with van der Waals surface area (Å²) in [6.07, 6.45) is 5.08. The highest BCUT2D eigenvalue weighted by Crippen LogP contribution is 2.39. The summed E-state index contributed by atoms with van der Waals surface area (Å²) in [5.41, 5.74) is 0. The normalized spacial score (nSPS) is 51.8. The van der Waals surface area contributed by atoms with Crippen molar-refractivity contribution in [3.63, 3.8) is 0 Å². The summed E-state index contributed by atoms with van der Waals surface area (Å²) in [6.45, 7) is 0. The lowest BCUT2D eigenvalue weighted by molar-refractivity contribution is 0.0536. The van der Waals surface area contributed by atoms with Crippen LogP contribution in [0, 0.1) is 11.8 Å². The number of rotatable bonds is 0. The molecule has 0 saturated heterocycles. The SMILES string of the molecule is O[C@@H]1CC[C@@H]2C=C[C@H](O)[C@H]12. The Balaban J connectivity index is 2.17. The second kappa shape index (κ2) is 2.07. The summed E-state index contributed by atoms with van der Waals surface area (Å²) >= 11 is 0. The molecule has 0 aromatic rings. The predicted octanol–water partition coefficient (Wildman–Crippen LogP) is 0.304. The van der Waals surface area contributed by atoms with Gasteiger partial charge in [0.15, 0.2) is 0 Å². The highest BCUT2D eigenvalue weighted by molar-refractivity contribution is 5.12. The van der Waals surface area contributed by atoms with Gasteiger partial charge in [-0.25, -0.2) is 0 Å². The number of hydrogen-bond donors (Lipinski definition) is 2. The van der Waals surface area contributed by atoms with Gasteiger partial charge in [-0.05, 0) is 18.8 Å². The average molecular weight is 140 g/mol. The molecule has 0 aromatic heterocycles. The van der Waals surface area contributed by atoms with Gasteiger partial charge in [-0.2, -0.15) is 0 Å². The maximum absolute atomic E-state index is 9.37. The van der Waals surface area contributed by atoms with Crippen molar-refractivity contribution in [2.75, 3.05) is 0 Å². The van der Waals surface area contributed by atoms with Crippen molar-refractivity contribution in [3.8, 4) is 0 Å². The Morgan fingerprint density at radius 1 is 1.10 bits per heavy atom. The fourth-order valence-corrected chi connectivity index (χ4v) is 2.12. The Morgan fingerprint density at radius 3 is 2.60 bits per heavy atom. The molecule has 0 heterocycles. The number of allylic oxidation sites excluding steroid dienone is 1. The van der Waals surface area contributed by atoms with E-state index in [1.807, 2.05) is 6.08 Å². The maximum atomic E-state index is 9.37. The molecule has 2 aliphatic rings. The summed E-state index contributed by atoms with van der Waals surface area (Å²) in [7, 11) is 0. The molecule has 4 atom stereocenters. The molecule has 0 aromatic carbocycles. The van der Waals surface area contributed by atoms with E-state index >= 15 is 0 Å². The van der Waals surface area contributed by atoms with Gasteiger partial charge in [0, 0.05) is 5.92 Å². The summed E-state index contributed by atoms with van der Waals surface area (Å²) in [5.74, 6) is 0.560. The molecule has 2 N–H and O–H groups in total. The van der Waals surface area contributed by atoms with E-state index in [0.29, 0.717) is 5.92 Å². The first-order chi connectivity index (χ1) is 4.79. The molecule has 0 unspecified atom stereocenters. The number of aliphatic hydroxyl groups excluding tert-OH is 2. The zero-order valence-corrected chi connectivity index (χ0v) is 5.77. The summed E-state index contributed by atoms with van der Waals surface area (Å²) in [4.78, 5) is 0. The van der Waals surface area contributed by atoms with Crippen LogP contribution >= 0.6 is 0 Å². The van der Waals surface area contributed by atoms with E-state index in [-0.39, 0.29) is 18.1 Å². The van der Waals surface area contributed by atoms with Crippen LogP contribution in [0.1, 0.15) is 12.8 Å². The van der Waals surface area contributed by atoms with Crippen LogP contribution < -0.4 is 0 Å². The smallest absolute Gasteiger partial charge is 0.0779 e. The fraction of sp³-hybridized carbons (Fsp3) is 0.750. The van der Waals surface area contributed by atoms with Crippen LogP contribution in [-0.4, -0.2) is 22.4 Å². The lowest BCUT2D eigenvalue weighted by Crippen LogP contribution is -2.25. The summed E-state index contributed by atoms with van der Waals surface area (Å²) < 4.78 is 0. The number of hydrogen-bond acceptors (Lipinski definition) is 2. The minimum Gasteiger partial charge on any atom is -0.393 e. The molecule has 56 valence electrons. The van der Waals surface area contributed by atoms with E-state index in [2.05, 4.69) is 0 Å². The van der Waals surface area contributed by atoms with Gasteiger partial charge in [-0.15, -0.1) is 0 Å². The van der Waals surface area contributed by atoms with Gasteiger partial charge in [0.2, 0.25) is 0 Å². The van der Waals surface area contributed by atoms with Crippen LogP contribution in [0.25, 0.3) is 0 Å². The van der Waals surface area contributed by atoms with Gasteiger partial charge in [0.1, 0.15) is 0 Å². The van der Waals surface area contributed by atoms with Crippen LogP contribution in [0.3, 0.4) is 0 Å². The molecule has 2 rings (SSSR count). The third-order valence-electron chi connectivity index (χ3n) is 2.68. The molecule has 1 fully saturated rings. The molecule has 0 radical (unpaired) electrons. The van der Waals surface area contributed by atoms with Crippen LogP contribution in [-0.2, 0) is 0 Å². The van der Waals surface area contributed by atoms with Crippen molar-refractivity contribution in [1.29, 1.82) is 0 Å². The van der Waals surface area contributed by atoms with Gasteiger partial charge in [0.05, 0.1) is 12.2 Å². The standard InChI is InChI=1S/C8H12O2/c9-6-3-1-5-2-4-7(10)8(5)6/h1,3,5-10H,2,4H2/t5-,6-,7+,8+/m0/s1. The quantitative estimate of drug-likeness (QED) is 0.475. The van der Waals surface area contributed by atoms with E-state index in [4.69, 9.17) is 0 Å². The van der Waals surface area contributed by atoms with E-state index in [0.717, 1.165) is 12.8 Å². The Kier molecular flexibility index (Phi) is 1.32. The minimum atomic E-state index is -0.387. The zero-order valence-electron chi connectivity index (χ0n) is 5.77. The number of aliphatic hydroxyl groups is 2. The molecule has 0 spiro atoms. The minimum absolute atomic E-state index is 0.111. The van der Waals surface area contributed by atoms with Crippen molar-refractivity contribution in [1.82, 2.24) is 0 Å². The highest BCUT2D eigenvalue weighted by atomic mass is 16.3. The van der Waals surface area contributed by atoms with Gasteiger partial charge in [-0.3, -0.25) is 0 Å². The Labute approximate surface area is 60.2 Å². The first-order valence-corrected chi connectivity index (χ1v) is 3.83. The van der Waals surface area contributed by atoms with E-state index in [1.54, 1.807) is 6.08 Å². The first-order valence-electron chi connectivity index (χ1n) is 3.83. The van der Waals surface area contributed by atoms with Crippen molar-refractivity contribution in [3.05, 3.63) is 12.2 Å². The molecular weight excluding hydrogens is 128 g/mol. The van der Waals surface area contributed by atoms with E-state index in [9.17, 15) is 10.2 Å². The van der Waals surface area contributed by atoms with Gasteiger partial charge < -0.3 is 10.2 Å². The molecule has 2 aliphatic carbocycles. The highest BCUT2D eigenvalue weighted by Gasteiger charge is 2.40. The lowest BCUT2D eigenvalue weighted by atomic mass is 9.96. The molecule has 2 nitrogen and oxygen atoms in total. The summed E-state index contributed by atoms with van der Waals surface area (Å²) in [5, 5.41) is 18.7. The third-order valence-corrected chi connectivity index (χ3v) is 2.68. The van der Waals surface area contributed by atoms with Gasteiger partial charge >= 0.3 is 0 Å². The fourth-order valence-electron chi connectivity index (χ4n) is 2.12. The largest absolute Gasteiger partial charge is 0.393 e. The van der Waals surface area contributed by atoms with Crippen LogP contribution in [0.4, 0.5) is 0 Å². The molecule has 0 amide bonds. The average Bonchev–Trinajstić information content (AvgIpc) is 2.40. The zero-order chi connectivity index (χ0) is 7.14. The summed E-state index contributed by atoms with van der Waals surface area (Å²) in [6, 6.07) is 0. The molecular formula is C8H12O2. The molecule has 10 heavy (non-hydrogen) atoms. The lowest BCUT2D eigenvalue weighted by Gasteiger charge is -2.16. The Bertz CT molecular complexity index is 165. The van der Waals surface area contributed by atoms with Crippen molar-refractivity contribution in [2.24, 2.45) is 11.8 Å². The Morgan fingerprint density at radius 2 is 1.90 bits per heavy atom. The second-order valence-corrected chi connectivity index (χ2v) is 3.26. The van der Waals surface area contributed by atoms with Gasteiger partial charge in [0.25, 0.3) is 0 Å². The molecule has 1 saturated carbocycles. The maximum Gasteiger partial charge on any atom is 0.0779 e. The first kappa shape index (κ1) is 6.38. The van der Waals surface area contributed by atoms with Crippen LogP contribution in [0.15, 0.2) is 12.2 Å². The van der Waals surface area contributed by atoms with E-state index in [1.165, 1.54) is 0 Å². The van der Waals surface area contributed by atoms with Crippen LogP contribution in [0.2, 0.25) is 0 Å². The molecule has 0 bridgehead atoms. The van der Waals surface area contributed by atoms with Crippen molar-refractivity contribution < 1.29 is 10.2 Å². The van der Waals surface area contributed by atoms with Gasteiger partial charge in [-0.1, -0.05) is 12.2 Å². The van der Waals surface area contributed by atoms with E-state index < -0.39 is 0 Å². The molecule has 2 heteroatoms. The topological polar surface area (TPSA) is 40.5 Å². The van der Waals surface area contributed by atoms with Crippen LogP contribution in [0.5, 0.6) is 0 Å². The number of fused-ring (bicyclic) bond motifs is 1. The second-order valence-electron chi connectivity index (χ2n) is 3.26.